The number of tetrazole rings is 1. The van der Waals surface area contributed by atoms with E-state index in [2.05, 4.69) is 36.8 Å². The Kier molecular flexibility index (Phi) is 4.42. The Morgan fingerprint density at radius 3 is 2.74 bits per heavy atom. The molecule has 1 amide bonds. The highest BCUT2D eigenvalue weighted by molar-refractivity contribution is 9.10. The number of halogens is 2. The molecule has 1 heterocycles. The first-order valence-corrected chi connectivity index (χ1v) is 7.50. The lowest BCUT2D eigenvalue weighted by molar-refractivity contribution is 0.0949. The molecule has 0 aliphatic rings. The first kappa shape index (κ1) is 15.3. The van der Waals surface area contributed by atoms with Crippen LogP contribution in [0.4, 0.5) is 4.39 Å². The Bertz CT molecular complexity index is 834. The van der Waals surface area contributed by atoms with Crippen LogP contribution in [0.3, 0.4) is 0 Å². The van der Waals surface area contributed by atoms with Crippen LogP contribution in [0.1, 0.15) is 16.2 Å². The fraction of sp³-hybridized carbons (Fsp3) is 0.0667. The topological polar surface area (TPSA) is 72.7 Å². The van der Waals surface area contributed by atoms with Crippen molar-refractivity contribution in [1.29, 1.82) is 0 Å². The van der Waals surface area contributed by atoms with Crippen LogP contribution >= 0.6 is 15.9 Å². The minimum atomic E-state index is -0.341. The summed E-state index contributed by atoms with van der Waals surface area (Å²) in [5.41, 5.74) is 1.14. The second-order valence-electron chi connectivity index (χ2n) is 4.68. The summed E-state index contributed by atoms with van der Waals surface area (Å²) in [7, 11) is 0. The van der Waals surface area contributed by atoms with Gasteiger partial charge >= 0.3 is 0 Å². The Balaban J connectivity index is 1.73. The van der Waals surface area contributed by atoms with Gasteiger partial charge in [0, 0.05) is 10.0 Å². The summed E-state index contributed by atoms with van der Waals surface area (Å²) in [5, 5.41) is 14.1. The van der Waals surface area contributed by atoms with Crippen LogP contribution in [0.2, 0.25) is 0 Å². The molecule has 1 aromatic heterocycles. The molecule has 23 heavy (non-hydrogen) atoms. The van der Waals surface area contributed by atoms with Gasteiger partial charge in [0.1, 0.15) is 5.82 Å². The zero-order valence-corrected chi connectivity index (χ0v) is 13.4. The molecule has 0 fully saturated rings. The van der Waals surface area contributed by atoms with Gasteiger partial charge in [0.25, 0.3) is 5.91 Å². The van der Waals surface area contributed by atoms with E-state index < -0.39 is 0 Å². The molecule has 0 spiro atoms. The lowest BCUT2D eigenvalue weighted by Gasteiger charge is -2.06. The molecule has 0 radical (unpaired) electrons. The largest absolute Gasteiger partial charge is 0.345 e. The van der Waals surface area contributed by atoms with E-state index in [1.165, 1.54) is 16.8 Å². The third kappa shape index (κ3) is 3.59. The Morgan fingerprint density at radius 1 is 1.22 bits per heavy atom. The zero-order chi connectivity index (χ0) is 16.2. The van der Waals surface area contributed by atoms with E-state index in [0.717, 1.165) is 4.47 Å². The normalized spacial score (nSPS) is 10.5. The van der Waals surface area contributed by atoms with Gasteiger partial charge in [-0.2, -0.15) is 4.68 Å². The summed E-state index contributed by atoms with van der Waals surface area (Å²) in [6, 6.07) is 12.8. The fourth-order valence-electron chi connectivity index (χ4n) is 1.99. The molecule has 2 aromatic carbocycles. The third-order valence-electron chi connectivity index (χ3n) is 3.10. The van der Waals surface area contributed by atoms with Gasteiger partial charge in [-0.3, -0.25) is 4.79 Å². The van der Waals surface area contributed by atoms with Crippen LogP contribution in [0, 0.1) is 5.82 Å². The molecule has 6 nitrogen and oxygen atoms in total. The molecule has 8 heteroatoms. The van der Waals surface area contributed by atoms with Crippen LogP contribution in [0.5, 0.6) is 0 Å². The first-order chi connectivity index (χ1) is 11.1. The van der Waals surface area contributed by atoms with Crippen molar-refractivity contribution in [2.45, 2.75) is 6.54 Å². The van der Waals surface area contributed by atoms with Gasteiger partial charge in [0.2, 0.25) is 0 Å². The number of benzene rings is 2. The molecule has 1 N–H and O–H groups in total. The highest BCUT2D eigenvalue weighted by Gasteiger charge is 2.11. The van der Waals surface area contributed by atoms with Gasteiger partial charge in [-0.1, -0.05) is 22.0 Å². The second-order valence-corrected chi connectivity index (χ2v) is 5.59. The van der Waals surface area contributed by atoms with Crippen LogP contribution < -0.4 is 5.32 Å². The summed E-state index contributed by atoms with van der Waals surface area (Å²) in [5.74, 6) is -0.133. The molecule has 0 saturated carbocycles. The molecule has 116 valence electrons. The van der Waals surface area contributed by atoms with Crippen LogP contribution in [0.25, 0.3) is 5.69 Å². The summed E-state index contributed by atoms with van der Waals surface area (Å²) in [6.45, 7) is 0.149. The fourth-order valence-corrected chi connectivity index (χ4v) is 2.39. The van der Waals surface area contributed by atoms with Gasteiger partial charge in [-0.15, -0.1) is 5.10 Å². The Morgan fingerprint density at radius 2 is 2.00 bits per heavy atom. The Labute approximate surface area is 139 Å². The van der Waals surface area contributed by atoms with Crippen molar-refractivity contribution in [2.75, 3.05) is 0 Å². The Hall–Kier alpha value is -2.61. The highest BCUT2D eigenvalue weighted by atomic mass is 79.9. The summed E-state index contributed by atoms with van der Waals surface area (Å²) in [6.07, 6.45) is 0. The second kappa shape index (κ2) is 6.66. The average molecular weight is 376 g/mol. The van der Waals surface area contributed by atoms with Crippen molar-refractivity contribution >= 4 is 21.8 Å². The van der Waals surface area contributed by atoms with E-state index >= 15 is 0 Å². The SMILES string of the molecule is O=C(NCc1nnnn1-c1ccc(F)cc1)c1cccc(Br)c1. The van der Waals surface area contributed by atoms with E-state index in [1.54, 1.807) is 30.3 Å². The van der Waals surface area contributed by atoms with Crippen molar-refractivity contribution in [1.82, 2.24) is 25.5 Å². The molecule has 3 rings (SSSR count). The molecule has 0 unspecified atom stereocenters. The predicted molar refractivity (Wildman–Crippen MR) is 84.4 cm³/mol. The van der Waals surface area contributed by atoms with Crippen LogP contribution in [0.15, 0.2) is 53.0 Å². The lowest BCUT2D eigenvalue weighted by atomic mass is 10.2. The maximum atomic E-state index is 13.0. The molecule has 0 aliphatic carbocycles. The minimum Gasteiger partial charge on any atom is -0.345 e. The number of nitrogens with one attached hydrogen (secondary N) is 1. The van der Waals surface area contributed by atoms with E-state index in [1.807, 2.05) is 6.07 Å². The van der Waals surface area contributed by atoms with Crippen molar-refractivity contribution in [3.8, 4) is 5.69 Å². The smallest absolute Gasteiger partial charge is 0.251 e. The van der Waals surface area contributed by atoms with E-state index in [9.17, 15) is 9.18 Å². The molecule has 0 aliphatic heterocycles. The number of nitrogens with zero attached hydrogens (tertiary/aromatic N) is 4. The molecular formula is C15H11BrFN5O. The number of carbonyl (C=O) groups excluding carboxylic acids is 1. The quantitative estimate of drug-likeness (QED) is 0.760. The predicted octanol–water partition coefficient (Wildman–Crippen LogP) is 2.49. The number of aromatic nitrogens is 4. The third-order valence-corrected chi connectivity index (χ3v) is 3.59. The highest BCUT2D eigenvalue weighted by Crippen LogP contribution is 2.12. The first-order valence-electron chi connectivity index (χ1n) is 6.70. The molecular weight excluding hydrogens is 365 g/mol. The number of carbonyl (C=O) groups is 1. The molecule has 3 aromatic rings. The van der Waals surface area contributed by atoms with Gasteiger partial charge in [0.05, 0.1) is 12.2 Å². The maximum absolute atomic E-state index is 13.0. The van der Waals surface area contributed by atoms with Crippen LogP contribution in [-0.4, -0.2) is 26.1 Å². The standard InChI is InChI=1S/C15H11BrFN5O/c16-11-3-1-2-10(8-11)15(23)18-9-14-19-20-21-22(14)13-6-4-12(17)5-7-13/h1-8H,9H2,(H,18,23). The number of hydrogen-bond acceptors (Lipinski definition) is 4. The average Bonchev–Trinajstić information content (AvgIpc) is 3.02. The lowest BCUT2D eigenvalue weighted by Crippen LogP contribution is -2.24. The van der Waals surface area contributed by atoms with E-state index in [4.69, 9.17) is 0 Å². The van der Waals surface area contributed by atoms with Gasteiger partial charge in [0.15, 0.2) is 5.82 Å². The minimum absolute atomic E-state index is 0.149. The monoisotopic (exact) mass is 375 g/mol. The van der Waals surface area contributed by atoms with Crippen molar-refractivity contribution in [3.63, 3.8) is 0 Å². The molecule has 0 saturated heterocycles. The number of hydrogen-bond donors (Lipinski definition) is 1. The maximum Gasteiger partial charge on any atom is 0.251 e. The number of amides is 1. The van der Waals surface area contributed by atoms with Gasteiger partial charge in [-0.25, -0.2) is 4.39 Å². The van der Waals surface area contributed by atoms with Crippen molar-refractivity contribution < 1.29 is 9.18 Å². The van der Waals surface area contributed by atoms with Gasteiger partial charge < -0.3 is 5.32 Å². The van der Waals surface area contributed by atoms with E-state index in [0.29, 0.717) is 17.1 Å². The number of rotatable bonds is 4. The van der Waals surface area contributed by atoms with Crippen LogP contribution in [-0.2, 0) is 6.54 Å². The summed E-state index contributed by atoms with van der Waals surface area (Å²) >= 11 is 3.32. The molecule has 0 bridgehead atoms. The summed E-state index contributed by atoms with van der Waals surface area (Å²) < 4.78 is 15.2. The van der Waals surface area contributed by atoms with E-state index in [-0.39, 0.29) is 18.3 Å². The summed E-state index contributed by atoms with van der Waals surface area (Å²) in [4.78, 5) is 12.1. The molecule has 0 atom stereocenters. The van der Waals surface area contributed by atoms with Crippen molar-refractivity contribution in [3.05, 3.63) is 70.2 Å². The van der Waals surface area contributed by atoms with Crippen molar-refractivity contribution in [2.24, 2.45) is 0 Å². The van der Waals surface area contributed by atoms with Gasteiger partial charge in [-0.05, 0) is 52.9 Å². The zero-order valence-electron chi connectivity index (χ0n) is 11.8.